The third-order valence-electron chi connectivity index (χ3n) is 3.29. The van der Waals surface area contributed by atoms with E-state index < -0.39 is 12.1 Å². The normalized spacial score (nSPS) is 28.5. The number of hydrogen-bond donors (Lipinski definition) is 1. The van der Waals surface area contributed by atoms with E-state index in [1.807, 2.05) is 0 Å². The van der Waals surface area contributed by atoms with Crippen molar-refractivity contribution >= 4 is 0 Å². The summed E-state index contributed by atoms with van der Waals surface area (Å²) in [4.78, 5) is 0. The summed E-state index contributed by atoms with van der Waals surface area (Å²) in [5.41, 5.74) is 0. The Morgan fingerprint density at radius 2 is 1.86 bits per heavy atom. The van der Waals surface area contributed by atoms with E-state index in [-0.39, 0.29) is 12.0 Å². The van der Waals surface area contributed by atoms with Gasteiger partial charge in [-0.15, -0.1) is 0 Å². The summed E-state index contributed by atoms with van der Waals surface area (Å²) in [5, 5.41) is 3.17. The van der Waals surface area contributed by atoms with Gasteiger partial charge in [0, 0.05) is 6.04 Å². The summed E-state index contributed by atoms with van der Waals surface area (Å²) in [7, 11) is 0. The summed E-state index contributed by atoms with van der Waals surface area (Å²) in [6, 6.07) is 0.0420. The minimum absolute atomic E-state index is 0.0420. The molecule has 0 saturated carbocycles. The van der Waals surface area contributed by atoms with Crippen LogP contribution in [0.3, 0.4) is 0 Å². The second kappa shape index (κ2) is 4.51. The van der Waals surface area contributed by atoms with Gasteiger partial charge in [0.25, 0.3) is 0 Å². The first-order valence-corrected chi connectivity index (χ1v) is 5.23. The lowest BCUT2D eigenvalue weighted by molar-refractivity contribution is -0.184. The quantitative estimate of drug-likeness (QED) is 0.737. The number of rotatable bonds is 2. The van der Waals surface area contributed by atoms with Crippen LogP contribution in [0.5, 0.6) is 0 Å². The van der Waals surface area contributed by atoms with Gasteiger partial charge in [-0.2, -0.15) is 13.2 Å². The second-order valence-corrected chi connectivity index (χ2v) is 4.25. The van der Waals surface area contributed by atoms with E-state index in [0.717, 1.165) is 25.8 Å². The van der Waals surface area contributed by atoms with Gasteiger partial charge in [-0.3, -0.25) is 0 Å². The highest BCUT2D eigenvalue weighted by atomic mass is 19.4. The van der Waals surface area contributed by atoms with Gasteiger partial charge in [-0.1, -0.05) is 20.3 Å². The molecule has 1 heterocycles. The molecular formula is C10H18F3N. The van der Waals surface area contributed by atoms with Crippen molar-refractivity contribution in [3.63, 3.8) is 0 Å². The zero-order valence-electron chi connectivity index (χ0n) is 8.69. The van der Waals surface area contributed by atoms with Crippen LogP contribution in [0.2, 0.25) is 0 Å². The molecule has 0 aromatic rings. The summed E-state index contributed by atoms with van der Waals surface area (Å²) < 4.78 is 37.3. The van der Waals surface area contributed by atoms with Gasteiger partial charge in [-0.05, 0) is 25.3 Å². The summed E-state index contributed by atoms with van der Waals surface area (Å²) in [6.45, 7) is 3.83. The van der Waals surface area contributed by atoms with Crippen LogP contribution in [-0.2, 0) is 0 Å². The van der Waals surface area contributed by atoms with E-state index in [4.69, 9.17) is 0 Å². The van der Waals surface area contributed by atoms with Crippen LogP contribution in [0.25, 0.3) is 0 Å². The average Bonchev–Trinajstić information content (AvgIpc) is 2.15. The van der Waals surface area contributed by atoms with Crippen LogP contribution in [-0.4, -0.2) is 18.8 Å². The minimum atomic E-state index is -4.06. The van der Waals surface area contributed by atoms with Gasteiger partial charge in [0.15, 0.2) is 0 Å². The molecule has 0 spiro atoms. The summed E-state index contributed by atoms with van der Waals surface area (Å²) in [5.74, 6) is -1.53. The molecule has 0 aliphatic carbocycles. The van der Waals surface area contributed by atoms with Crippen LogP contribution in [0.15, 0.2) is 0 Å². The summed E-state index contributed by atoms with van der Waals surface area (Å²) >= 11 is 0. The number of piperidine rings is 1. The topological polar surface area (TPSA) is 12.0 Å². The van der Waals surface area contributed by atoms with E-state index in [2.05, 4.69) is 5.32 Å². The Kier molecular flexibility index (Phi) is 3.81. The molecule has 0 amide bonds. The van der Waals surface area contributed by atoms with E-state index in [9.17, 15) is 13.2 Å². The standard InChI is InChI=1S/C10H18F3N/c1-7(8(2)10(11,12)13)9-5-3-4-6-14-9/h7-9,14H,3-6H2,1-2H3. The van der Waals surface area contributed by atoms with Gasteiger partial charge in [0.05, 0.1) is 5.92 Å². The predicted octanol–water partition coefficient (Wildman–Crippen LogP) is 2.96. The zero-order valence-corrected chi connectivity index (χ0v) is 8.69. The van der Waals surface area contributed by atoms with Crippen molar-refractivity contribution in [3.8, 4) is 0 Å². The zero-order chi connectivity index (χ0) is 10.8. The molecule has 14 heavy (non-hydrogen) atoms. The fourth-order valence-corrected chi connectivity index (χ4v) is 1.97. The van der Waals surface area contributed by atoms with Crippen molar-refractivity contribution in [2.45, 2.75) is 45.3 Å². The van der Waals surface area contributed by atoms with Crippen molar-refractivity contribution < 1.29 is 13.2 Å². The Bertz CT molecular complexity index is 173. The lowest BCUT2D eigenvalue weighted by atomic mass is 9.84. The third-order valence-corrected chi connectivity index (χ3v) is 3.29. The van der Waals surface area contributed by atoms with Crippen molar-refractivity contribution in [2.24, 2.45) is 11.8 Å². The van der Waals surface area contributed by atoms with Crippen LogP contribution in [0.1, 0.15) is 33.1 Å². The first kappa shape index (κ1) is 11.8. The van der Waals surface area contributed by atoms with E-state index in [0.29, 0.717) is 0 Å². The van der Waals surface area contributed by atoms with Crippen LogP contribution >= 0.6 is 0 Å². The number of nitrogens with one attached hydrogen (secondary N) is 1. The molecule has 1 aliphatic rings. The van der Waals surface area contributed by atoms with Crippen molar-refractivity contribution in [3.05, 3.63) is 0 Å². The van der Waals surface area contributed by atoms with Gasteiger partial charge < -0.3 is 5.32 Å². The Morgan fingerprint density at radius 3 is 2.29 bits per heavy atom. The van der Waals surface area contributed by atoms with Crippen LogP contribution < -0.4 is 5.32 Å². The Balaban J connectivity index is 2.50. The maximum absolute atomic E-state index is 12.4. The molecule has 0 radical (unpaired) electrons. The van der Waals surface area contributed by atoms with Crippen LogP contribution in [0.4, 0.5) is 13.2 Å². The molecule has 1 rings (SSSR count). The highest BCUT2D eigenvalue weighted by Crippen LogP contribution is 2.34. The maximum atomic E-state index is 12.4. The molecule has 1 fully saturated rings. The van der Waals surface area contributed by atoms with Crippen molar-refractivity contribution in [1.82, 2.24) is 5.32 Å². The molecule has 3 unspecified atom stereocenters. The fourth-order valence-electron chi connectivity index (χ4n) is 1.97. The van der Waals surface area contributed by atoms with Gasteiger partial charge >= 0.3 is 6.18 Å². The molecular weight excluding hydrogens is 191 g/mol. The van der Waals surface area contributed by atoms with Gasteiger partial charge in [0.2, 0.25) is 0 Å². The molecule has 1 saturated heterocycles. The number of alkyl halides is 3. The van der Waals surface area contributed by atoms with Crippen LogP contribution in [0, 0.1) is 11.8 Å². The smallest absolute Gasteiger partial charge is 0.314 e. The van der Waals surface area contributed by atoms with Crippen molar-refractivity contribution in [2.75, 3.05) is 6.54 Å². The SMILES string of the molecule is CC(C1CCCCN1)C(C)C(F)(F)F. The van der Waals surface area contributed by atoms with E-state index in [1.54, 1.807) is 6.92 Å². The first-order valence-electron chi connectivity index (χ1n) is 5.23. The van der Waals surface area contributed by atoms with Gasteiger partial charge in [0.1, 0.15) is 0 Å². The van der Waals surface area contributed by atoms with Crippen molar-refractivity contribution in [1.29, 1.82) is 0 Å². The second-order valence-electron chi connectivity index (χ2n) is 4.25. The molecule has 1 nitrogen and oxygen atoms in total. The maximum Gasteiger partial charge on any atom is 0.391 e. The Morgan fingerprint density at radius 1 is 1.21 bits per heavy atom. The first-order chi connectivity index (χ1) is 6.43. The molecule has 1 N–H and O–H groups in total. The molecule has 84 valence electrons. The average molecular weight is 209 g/mol. The highest BCUT2D eigenvalue weighted by Gasteiger charge is 2.41. The van der Waals surface area contributed by atoms with E-state index in [1.165, 1.54) is 6.92 Å². The lowest BCUT2D eigenvalue weighted by Crippen LogP contribution is -2.44. The number of hydrogen-bond acceptors (Lipinski definition) is 1. The third kappa shape index (κ3) is 2.87. The Hall–Kier alpha value is -0.250. The highest BCUT2D eigenvalue weighted by molar-refractivity contribution is 4.82. The molecule has 0 aromatic carbocycles. The monoisotopic (exact) mass is 209 g/mol. The molecule has 3 atom stereocenters. The largest absolute Gasteiger partial charge is 0.391 e. The summed E-state index contributed by atoms with van der Waals surface area (Å²) in [6.07, 6.45) is -1.05. The molecule has 4 heteroatoms. The molecule has 1 aliphatic heterocycles. The number of halogens is 3. The predicted molar refractivity (Wildman–Crippen MR) is 50.0 cm³/mol. The van der Waals surface area contributed by atoms with E-state index >= 15 is 0 Å². The Labute approximate surface area is 83.1 Å². The fraction of sp³-hybridized carbons (Fsp3) is 1.00. The lowest BCUT2D eigenvalue weighted by Gasteiger charge is -2.33. The minimum Gasteiger partial charge on any atom is -0.314 e. The molecule has 0 bridgehead atoms. The van der Waals surface area contributed by atoms with Gasteiger partial charge in [-0.25, -0.2) is 0 Å². The molecule has 0 aromatic heterocycles.